The van der Waals surface area contributed by atoms with E-state index in [9.17, 15) is 0 Å². The van der Waals surface area contributed by atoms with Crippen LogP contribution in [0.2, 0.25) is 0 Å². The topological polar surface area (TPSA) is 79.9 Å². The molecule has 0 atom stereocenters. The molecule has 0 saturated carbocycles. The van der Waals surface area contributed by atoms with Crippen molar-refractivity contribution in [1.82, 2.24) is 5.32 Å². The fraction of sp³-hybridized carbons (Fsp3) is 0.214. The molecule has 0 aliphatic heterocycles. The Hall–Kier alpha value is -1.57. The van der Waals surface area contributed by atoms with Gasteiger partial charge in [0.25, 0.3) is 0 Å². The molecule has 7 heteroatoms. The van der Waals surface area contributed by atoms with E-state index >= 15 is 0 Å². The Morgan fingerprint density at radius 2 is 2.24 bits per heavy atom. The minimum absolute atomic E-state index is 0.0843. The predicted octanol–water partition coefficient (Wildman–Crippen LogP) is 2.90. The molecule has 0 bridgehead atoms. The molecule has 1 aromatic heterocycles. The lowest BCUT2D eigenvalue weighted by atomic mass is 10.1. The average molecular weight is 370 g/mol. The predicted molar refractivity (Wildman–Crippen MR) is 88.1 cm³/mol. The minimum Gasteiger partial charge on any atom is -0.496 e. The number of thiophene rings is 1. The van der Waals surface area contributed by atoms with E-state index in [2.05, 4.69) is 37.8 Å². The van der Waals surface area contributed by atoms with Gasteiger partial charge in [-0.05, 0) is 40.2 Å². The van der Waals surface area contributed by atoms with Crippen LogP contribution in [-0.4, -0.2) is 18.2 Å². The average Bonchev–Trinajstić information content (AvgIpc) is 2.91. The number of nitrogens with one attached hydrogen (secondary N) is 1. The molecule has 2 aromatic rings. The molecule has 0 spiro atoms. The minimum atomic E-state index is 0.0843. The van der Waals surface area contributed by atoms with Crippen LogP contribution in [0, 0.1) is 0 Å². The molecular formula is C14H16BrN3O2S. The number of hydrogen-bond donors (Lipinski definition) is 3. The molecule has 0 fully saturated rings. The van der Waals surface area contributed by atoms with Crippen LogP contribution in [0.5, 0.6) is 5.75 Å². The fourth-order valence-corrected chi connectivity index (χ4v) is 3.32. The summed E-state index contributed by atoms with van der Waals surface area (Å²) in [6.45, 7) is 1.40. The van der Waals surface area contributed by atoms with Gasteiger partial charge in [-0.2, -0.15) is 0 Å². The van der Waals surface area contributed by atoms with Crippen molar-refractivity contribution < 1.29 is 9.94 Å². The zero-order valence-corrected chi connectivity index (χ0v) is 13.9. The van der Waals surface area contributed by atoms with Crippen LogP contribution in [0.25, 0.3) is 0 Å². The van der Waals surface area contributed by atoms with E-state index in [0.717, 1.165) is 22.3 Å². The molecular weight excluding hydrogens is 354 g/mol. The van der Waals surface area contributed by atoms with Crippen LogP contribution in [0.1, 0.15) is 16.0 Å². The highest BCUT2D eigenvalue weighted by Gasteiger charge is 2.07. The summed E-state index contributed by atoms with van der Waals surface area (Å²) in [5.74, 6) is 0.852. The van der Waals surface area contributed by atoms with Crippen molar-refractivity contribution in [1.29, 1.82) is 0 Å². The molecule has 21 heavy (non-hydrogen) atoms. The van der Waals surface area contributed by atoms with Gasteiger partial charge in [-0.3, -0.25) is 0 Å². The van der Waals surface area contributed by atoms with E-state index in [1.165, 1.54) is 4.88 Å². The number of halogens is 1. The second-order valence-electron chi connectivity index (χ2n) is 4.35. The molecule has 1 heterocycles. The second-order valence-corrected chi connectivity index (χ2v) is 6.26. The van der Waals surface area contributed by atoms with Crippen LogP contribution in [-0.2, 0) is 13.1 Å². The first-order chi connectivity index (χ1) is 10.1. The molecule has 1 aromatic carbocycles. The SMILES string of the molecule is COc1ccc(/C(N)=N/O)cc1CNCc1cc(Br)cs1. The van der Waals surface area contributed by atoms with Crippen molar-refractivity contribution in [2.75, 3.05) is 7.11 Å². The van der Waals surface area contributed by atoms with E-state index in [-0.39, 0.29) is 5.84 Å². The van der Waals surface area contributed by atoms with Crippen molar-refractivity contribution in [3.63, 3.8) is 0 Å². The van der Waals surface area contributed by atoms with E-state index in [1.807, 2.05) is 12.1 Å². The van der Waals surface area contributed by atoms with Crippen LogP contribution in [0.4, 0.5) is 0 Å². The van der Waals surface area contributed by atoms with E-state index in [0.29, 0.717) is 12.1 Å². The highest BCUT2D eigenvalue weighted by molar-refractivity contribution is 9.10. The van der Waals surface area contributed by atoms with Gasteiger partial charge in [0, 0.05) is 38.9 Å². The summed E-state index contributed by atoms with van der Waals surface area (Å²) in [6, 6.07) is 7.51. The first-order valence-electron chi connectivity index (χ1n) is 6.22. The number of methoxy groups -OCH3 is 1. The lowest BCUT2D eigenvalue weighted by molar-refractivity contribution is 0.318. The Morgan fingerprint density at radius 1 is 1.43 bits per heavy atom. The molecule has 0 radical (unpaired) electrons. The summed E-state index contributed by atoms with van der Waals surface area (Å²) >= 11 is 5.13. The summed E-state index contributed by atoms with van der Waals surface area (Å²) in [4.78, 5) is 1.24. The Kier molecular flexibility index (Phi) is 5.60. The number of hydrogen-bond acceptors (Lipinski definition) is 5. The first kappa shape index (κ1) is 15.8. The largest absolute Gasteiger partial charge is 0.496 e. The van der Waals surface area contributed by atoms with Gasteiger partial charge in [0.05, 0.1) is 7.11 Å². The maximum atomic E-state index is 8.75. The van der Waals surface area contributed by atoms with Crippen LogP contribution >= 0.6 is 27.3 Å². The quantitative estimate of drug-likeness (QED) is 0.316. The molecule has 2 rings (SSSR count). The third-order valence-corrected chi connectivity index (χ3v) is 4.62. The van der Waals surface area contributed by atoms with E-state index in [4.69, 9.17) is 15.7 Å². The highest BCUT2D eigenvalue weighted by atomic mass is 79.9. The number of nitrogens with two attached hydrogens (primary N) is 1. The monoisotopic (exact) mass is 369 g/mol. The summed E-state index contributed by atoms with van der Waals surface area (Å²) in [7, 11) is 1.62. The van der Waals surface area contributed by atoms with Crippen molar-refractivity contribution in [2.24, 2.45) is 10.9 Å². The molecule has 4 N–H and O–H groups in total. The van der Waals surface area contributed by atoms with Crippen molar-refractivity contribution >= 4 is 33.1 Å². The fourth-order valence-electron chi connectivity index (χ4n) is 1.90. The number of ether oxygens (including phenoxy) is 1. The third-order valence-electron chi connectivity index (χ3n) is 2.92. The second kappa shape index (κ2) is 7.44. The maximum Gasteiger partial charge on any atom is 0.170 e. The van der Waals surface area contributed by atoms with Gasteiger partial charge in [-0.25, -0.2) is 0 Å². The third kappa shape index (κ3) is 4.20. The van der Waals surface area contributed by atoms with E-state index < -0.39 is 0 Å². The summed E-state index contributed by atoms with van der Waals surface area (Å²) in [6.07, 6.45) is 0. The summed E-state index contributed by atoms with van der Waals surface area (Å²) in [5.41, 5.74) is 7.23. The van der Waals surface area contributed by atoms with Gasteiger partial charge in [0.2, 0.25) is 0 Å². The zero-order chi connectivity index (χ0) is 15.2. The molecule has 0 aliphatic carbocycles. The molecule has 0 aliphatic rings. The highest BCUT2D eigenvalue weighted by Crippen LogP contribution is 2.21. The Balaban J connectivity index is 2.06. The van der Waals surface area contributed by atoms with Gasteiger partial charge in [0.1, 0.15) is 5.75 Å². The molecule has 5 nitrogen and oxygen atoms in total. The number of amidine groups is 1. The first-order valence-corrected chi connectivity index (χ1v) is 7.89. The van der Waals surface area contributed by atoms with Gasteiger partial charge in [-0.15, -0.1) is 11.3 Å². The smallest absolute Gasteiger partial charge is 0.170 e. The molecule has 0 saturated heterocycles. The maximum absolute atomic E-state index is 8.75. The van der Waals surface area contributed by atoms with Crippen LogP contribution in [0.3, 0.4) is 0 Å². The zero-order valence-electron chi connectivity index (χ0n) is 11.5. The van der Waals surface area contributed by atoms with Crippen molar-refractivity contribution in [3.05, 3.63) is 50.1 Å². The van der Waals surface area contributed by atoms with Crippen molar-refractivity contribution in [2.45, 2.75) is 13.1 Å². The lowest BCUT2D eigenvalue weighted by Gasteiger charge is -2.11. The van der Waals surface area contributed by atoms with Gasteiger partial charge >= 0.3 is 0 Å². The van der Waals surface area contributed by atoms with E-state index in [1.54, 1.807) is 24.5 Å². The van der Waals surface area contributed by atoms with Gasteiger partial charge in [-0.1, -0.05) is 5.16 Å². The normalized spacial score (nSPS) is 11.6. The Labute approximate surface area is 135 Å². The number of oxime groups is 1. The number of nitrogens with zero attached hydrogens (tertiary/aromatic N) is 1. The summed E-state index contributed by atoms with van der Waals surface area (Å²) in [5, 5.41) is 17.2. The summed E-state index contributed by atoms with van der Waals surface area (Å²) < 4.78 is 6.43. The standard InChI is InChI=1S/C14H16BrN3O2S/c1-20-13-3-2-9(14(16)18-19)4-10(13)6-17-7-12-5-11(15)8-21-12/h2-5,8,17,19H,6-7H2,1H3,(H2,16,18). The Bertz CT molecular complexity index is 643. The molecule has 0 amide bonds. The van der Waals surface area contributed by atoms with Gasteiger partial charge < -0.3 is 21.0 Å². The number of benzene rings is 1. The molecule has 112 valence electrons. The van der Waals surface area contributed by atoms with Gasteiger partial charge in [0.15, 0.2) is 5.84 Å². The van der Waals surface area contributed by atoms with Crippen LogP contribution < -0.4 is 15.8 Å². The molecule has 0 unspecified atom stereocenters. The van der Waals surface area contributed by atoms with Crippen LogP contribution in [0.15, 0.2) is 39.3 Å². The Morgan fingerprint density at radius 3 is 2.86 bits per heavy atom. The van der Waals surface area contributed by atoms with Crippen molar-refractivity contribution in [3.8, 4) is 5.75 Å². The number of rotatable bonds is 6. The lowest BCUT2D eigenvalue weighted by Crippen LogP contribution is -2.16.